The molecule has 0 aliphatic carbocycles. The molecular formula is C24H23ClFN5. The zero-order valence-electron chi connectivity index (χ0n) is 17.3. The molecule has 1 fully saturated rings. The Morgan fingerprint density at radius 2 is 1.87 bits per heavy atom. The van der Waals surface area contributed by atoms with Crippen LogP contribution in [0.5, 0.6) is 0 Å². The van der Waals surface area contributed by atoms with E-state index in [1.165, 1.54) is 31.4 Å². The first-order valence-corrected chi connectivity index (χ1v) is 11.0. The SMILES string of the molecule is C[C@H](c1cccc(F)c1)n1nnc2ccc(-c3cc(N4CCCCC4)ncc3Cl)cc21. The fourth-order valence-electron chi connectivity index (χ4n) is 4.24. The van der Waals surface area contributed by atoms with E-state index in [2.05, 4.69) is 26.3 Å². The third-order valence-electron chi connectivity index (χ3n) is 6.00. The van der Waals surface area contributed by atoms with E-state index in [-0.39, 0.29) is 11.9 Å². The molecule has 0 unspecified atom stereocenters. The van der Waals surface area contributed by atoms with E-state index in [9.17, 15) is 4.39 Å². The average molecular weight is 436 g/mol. The van der Waals surface area contributed by atoms with Gasteiger partial charge in [0.1, 0.15) is 17.2 Å². The van der Waals surface area contributed by atoms with Crippen molar-refractivity contribution in [2.24, 2.45) is 0 Å². The van der Waals surface area contributed by atoms with Gasteiger partial charge in [0.25, 0.3) is 0 Å². The van der Waals surface area contributed by atoms with E-state index in [0.717, 1.165) is 46.6 Å². The number of halogens is 2. The lowest BCUT2D eigenvalue weighted by atomic mass is 10.0. The van der Waals surface area contributed by atoms with Crippen LogP contribution in [0.1, 0.15) is 37.8 Å². The first-order valence-electron chi connectivity index (χ1n) is 10.6. The first-order chi connectivity index (χ1) is 15.1. The van der Waals surface area contributed by atoms with Crippen LogP contribution in [0.2, 0.25) is 5.02 Å². The molecule has 5 nitrogen and oxygen atoms in total. The zero-order valence-corrected chi connectivity index (χ0v) is 18.1. The number of piperidine rings is 1. The van der Waals surface area contributed by atoms with Crippen molar-refractivity contribution in [3.8, 4) is 11.1 Å². The van der Waals surface area contributed by atoms with Crippen LogP contribution >= 0.6 is 11.6 Å². The Morgan fingerprint density at radius 3 is 2.68 bits per heavy atom. The van der Waals surface area contributed by atoms with Crippen molar-refractivity contribution < 1.29 is 4.39 Å². The van der Waals surface area contributed by atoms with E-state index in [1.54, 1.807) is 12.3 Å². The van der Waals surface area contributed by atoms with Crippen LogP contribution in [0, 0.1) is 5.82 Å². The second-order valence-electron chi connectivity index (χ2n) is 8.04. The van der Waals surface area contributed by atoms with Crippen LogP contribution in [0.3, 0.4) is 0 Å². The van der Waals surface area contributed by atoms with E-state index < -0.39 is 0 Å². The van der Waals surface area contributed by atoms with Gasteiger partial charge in [-0.15, -0.1) is 5.10 Å². The lowest BCUT2D eigenvalue weighted by Gasteiger charge is -2.28. The van der Waals surface area contributed by atoms with Gasteiger partial charge in [0.15, 0.2) is 0 Å². The molecule has 1 atom stereocenters. The van der Waals surface area contributed by atoms with Gasteiger partial charge in [0, 0.05) is 24.8 Å². The van der Waals surface area contributed by atoms with Crippen molar-refractivity contribution in [1.82, 2.24) is 20.0 Å². The predicted octanol–water partition coefficient (Wildman–Crippen LogP) is 5.89. The molecule has 1 aliphatic rings. The Hall–Kier alpha value is -2.99. The number of pyridine rings is 1. The van der Waals surface area contributed by atoms with Crippen molar-refractivity contribution in [1.29, 1.82) is 0 Å². The summed E-state index contributed by atoms with van der Waals surface area (Å²) in [6, 6.07) is 14.5. The summed E-state index contributed by atoms with van der Waals surface area (Å²) in [7, 11) is 0. The third-order valence-corrected chi connectivity index (χ3v) is 6.30. The second kappa shape index (κ2) is 8.27. The Labute approximate surface area is 185 Å². The molecule has 0 bridgehead atoms. The molecule has 0 radical (unpaired) electrons. The van der Waals surface area contributed by atoms with Crippen molar-refractivity contribution in [3.05, 3.63) is 71.1 Å². The number of anilines is 1. The van der Waals surface area contributed by atoms with Gasteiger partial charge in [-0.3, -0.25) is 0 Å². The summed E-state index contributed by atoms with van der Waals surface area (Å²) in [5.41, 5.74) is 4.42. The fourth-order valence-corrected chi connectivity index (χ4v) is 4.45. The van der Waals surface area contributed by atoms with Crippen LogP contribution in [-0.2, 0) is 0 Å². The predicted molar refractivity (Wildman–Crippen MR) is 122 cm³/mol. The summed E-state index contributed by atoms with van der Waals surface area (Å²) in [6.45, 7) is 4.04. The normalized spacial score (nSPS) is 15.4. The summed E-state index contributed by atoms with van der Waals surface area (Å²) < 4.78 is 15.6. The number of nitrogens with zero attached hydrogens (tertiary/aromatic N) is 5. The smallest absolute Gasteiger partial charge is 0.129 e. The minimum Gasteiger partial charge on any atom is -0.357 e. The summed E-state index contributed by atoms with van der Waals surface area (Å²) in [4.78, 5) is 6.88. The maximum Gasteiger partial charge on any atom is 0.129 e. The molecule has 31 heavy (non-hydrogen) atoms. The van der Waals surface area contributed by atoms with Gasteiger partial charge >= 0.3 is 0 Å². The van der Waals surface area contributed by atoms with Gasteiger partial charge in [0.2, 0.25) is 0 Å². The molecule has 3 heterocycles. The lowest BCUT2D eigenvalue weighted by molar-refractivity contribution is 0.552. The standard InChI is InChI=1S/C24H23ClFN5/c1-16(17-6-5-7-19(26)12-17)31-23-13-18(8-9-22(23)28-29-31)20-14-24(27-15-21(20)25)30-10-3-2-4-11-30/h5-9,12-16H,2-4,10-11H2,1H3/t16-/m1/s1. The number of rotatable bonds is 4. The Bertz CT molecular complexity index is 1230. The minimum atomic E-state index is -0.261. The van der Waals surface area contributed by atoms with Gasteiger partial charge in [0.05, 0.1) is 16.6 Å². The molecule has 0 amide bonds. The highest BCUT2D eigenvalue weighted by molar-refractivity contribution is 6.33. The highest BCUT2D eigenvalue weighted by Gasteiger charge is 2.17. The molecule has 2 aromatic carbocycles. The highest BCUT2D eigenvalue weighted by atomic mass is 35.5. The number of benzene rings is 2. The average Bonchev–Trinajstić information content (AvgIpc) is 3.23. The quantitative estimate of drug-likeness (QED) is 0.401. The van der Waals surface area contributed by atoms with E-state index in [4.69, 9.17) is 11.6 Å². The number of hydrogen-bond acceptors (Lipinski definition) is 4. The number of hydrogen-bond donors (Lipinski definition) is 0. The molecule has 1 saturated heterocycles. The van der Waals surface area contributed by atoms with Gasteiger partial charge < -0.3 is 4.90 Å². The molecule has 5 rings (SSSR count). The van der Waals surface area contributed by atoms with E-state index in [1.807, 2.05) is 35.9 Å². The lowest BCUT2D eigenvalue weighted by Crippen LogP contribution is -2.30. The Balaban J connectivity index is 1.55. The van der Waals surface area contributed by atoms with Crippen LogP contribution in [0.25, 0.3) is 22.2 Å². The summed E-state index contributed by atoms with van der Waals surface area (Å²) >= 11 is 6.55. The van der Waals surface area contributed by atoms with Gasteiger partial charge in [-0.1, -0.05) is 35.0 Å². The Morgan fingerprint density at radius 1 is 1.03 bits per heavy atom. The molecule has 0 spiro atoms. The summed E-state index contributed by atoms with van der Waals surface area (Å²) in [6.07, 6.45) is 5.38. The van der Waals surface area contributed by atoms with Crippen LogP contribution in [0.15, 0.2) is 54.7 Å². The topological polar surface area (TPSA) is 46.8 Å². The van der Waals surface area contributed by atoms with Crippen LogP contribution in [-0.4, -0.2) is 33.1 Å². The highest BCUT2D eigenvalue weighted by Crippen LogP contribution is 2.33. The molecule has 0 N–H and O–H groups in total. The largest absolute Gasteiger partial charge is 0.357 e. The van der Waals surface area contributed by atoms with Gasteiger partial charge in [-0.25, -0.2) is 14.1 Å². The monoisotopic (exact) mass is 435 g/mol. The molecule has 1 aliphatic heterocycles. The molecule has 2 aromatic heterocycles. The molecule has 0 saturated carbocycles. The summed E-state index contributed by atoms with van der Waals surface area (Å²) in [5, 5.41) is 9.25. The molecular weight excluding hydrogens is 413 g/mol. The van der Waals surface area contributed by atoms with Crippen molar-refractivity contribution in [2.45, 2.75) is 32.2 Å². The van der Waals surface area contributed by atoms with E-state index in [0.29, 0.717) is 5.02 Å². The summed E-state index contributed by atoms with van der Waals surface area (Å²) in [5.74, 6) is 0.697. The van der Waals surface area contributed by atoms with Crippen LogP contribution < -0.4 is 4.90 Å². The maximum absolute atomic E-state index is 13.7. The van der Waals surface area contributed by atoms with Crippen molar-refractivity contribution >= 4 is 28.5 Å². The third kappa shape index (κ3) is 3.88. The fraction of sp³-hybridized carbons (Fsp3) is 0.292. The van der Waals surface area contributed by atoms with Crippen molar-refractivity contribution in [3.63, 3.8) is 0 Å². The minimum absolute atomic E-state index is 0.159. The Kier molecular flexibility index (Phi) is 5.32. The second-order valence-corrected chi connectivity index (χ2v) is 8.45. The van der Waals surface area contributed by atoms with Crippen molar-refractivity contribution in [2.75, 3.05) is 18.0 Å². The number of aromatic nitrogens is 4. The van der Waals surface area contributed by atoms with Gasteiger partial charge in [-0.05, 0) is 67.6 Å². The first kappa shape index (κ1) is 19.9. The van der Waals surface area contributed by atoms with Gasteiger partial charge in [-0.2, -0.15) is 0 Å². The zero-order chi connectivity index (χ0) is 21.4. The molecule has 158 valence electrons. The molecule has 7 heteroatoms. The van der Waals surface area contributed by atoms with E-state index >= 15 is 0 Å². The maximum atomic E-state index is 13.7. The molecule has 4 aromatic rings. The number of fused-ring (bicyclic) bond motifs is 1. The van der Waals surface area contributed by atoms with Crippen LogP contribution in [0.4, 0.5) is 10.2 Å².